The van der Waals surface area contributed by atoms with Crippen LogP contribution in [0, 0.1) is 0 Å². The molecule has 0 radical (unpaired) electrons. The summed E-state index contributed by atoms with van der Waals surface area (Å²) in [4.78, 5) is 17.0. The molecule has 1 saturated heterocycles. The Morgan fingerprint density at radius 2 is 1.84 bits per heavy atom. The first kappa shape index (κ1) is 14.2. The molecule has 0 saturated carbocycles. The summed E-state index contributed by atoms with van der Waals surface area (Å²) >= 11 is 1.85. The fourth-order valence-corrected chi connectivity index (χ4v) is 2.92. The van der Waals surface area contributed by atoms with E-state index in [0.29, 0.717) is 0 Å². The molecular formula is C14H21N3OS. The maximum absolute atomic E-state index is 11.5. The second kappa shape index (κ2) is 6.82. The molecule has 0 bridgehead atoms. The van der Waals surface area contributed by atoms with Gasteiger partial charge in [-0.1, -0.05) is 6.92 Å². The van der Waals surface area contributed by atoms with Crippen molar-refractivity contribution in [3.05, 3.63) is 24.3 Å². The van der Waals surface area contributed by atoms with Gasteiger partial charge in [0.15, 0.2) is 0 Å². The summed E-state index contributed by atoms with van der Waals surface area (Å²) in [5, 5.41) is 0. The van der Waals surface area contributed by atoms with E-state index in [4.69, 9.17) is 5.73 Å². The summed E-state index contributed by atoms with van der Waals surface area (Å²) in [6.45, 7) is 5.57. The number of rotatable bonds is 4. The van der Waals surface area contributed by atoms with Gasteiger partial charge in [0.05, 0.1) is 6.54 Å². The van der Waals surface area contributed by atoms with E-state index in [2.05, 4.69) is 36.1 Å². The maximum atomic E-state index is 11.5. The summed E-state index contributed by atoms with van der Waals surface area (Å²) in [5.41, 5.74) is 6.62. The van der Waals surface area contributed by atoms with Crippen LogP contribution in [0.15, 0.2) is 29.2 Å². The van der Waals surface area contributed by atoms with Crippen LogP contribution in [0.2, 0.25) is 0 Å². The van der Waals surface area contributed by atoms with Crippen molar-refractivity contribution in [2.24, 2.45) is 5.73 Å². The van der Waals surface area contributed by atoms with E-state index < -0.39 is 0 Å². The van der Waals surface area contributed by atoms with Crippen LogP contribution in [0.25, 0.3) is 0 Å². The summed E-state index contributed by atoms with van der Waals surface area (Å²) in [6.07, 6.45) is 0. The van der Waals surface area contributed by atoms with Crippen LogP contribution in [0.5, 0.6) is 0 Å². The van der Waals surface area contributed by atoms with Crippen molar-refractivity contribution in [3.8, 4) is 0 Å². The molecule has 19 heavy (non-hydrogen) atoms. The predicted molar refractivity (Wildman–Crippen MR) is 80.7 cm³/mol. The zero-order chi connectivity index (χ0) is 13.7. The maximum Gasteiger partial charge on any atom is 0.236 e. The molecule has 1 heterocycles. The minimum Gasteiger partial charge on any atom is -0.368 e. The molecule has 1 aromatic rings. The summed E-state index contributed by atoms with van der Waals surface area (Å²) in [5.74, 6) is 1.15. The molecule has 0 aliphatic carbocycles. The average Bonchev–Trinajstić information content (AvgIpc) is 2.48. The van der Waals surface area contributed by atoms with Crippen LogP contribution >= 0.6 is 11.8 Å². The second-order valence-corrected chi connectivity index (χ2v) is 5.84. The van der Waals surface area contributed by atoms with Crippen LogP contribution in [0.1, 0.15) is 6.92 Å². The second-order valence-electron chi connectivity index (χ2n) is 4.50. The van der Waals surface area contributed by atoms with Crippen LogP contribution in [-0.4, -0.2) is 49.3 Å². The minimum absolute atomic E-state index is 0.0503. The molecule has 0 atom stereocenters. The topological polar surface area (TPSA) is 49.6 Å². The summed E-state index contributed by atoms with van der Waals surface area (Å²) in [6, 6.07) is 8.67. The number of thioether (sulfide) groups is 1. The molecule has 0 spiro atoms. The Morgan fingerprint density at radius 3 is 2.37 bits per heavy atom. The number of nitrogens with two attached hydrogens (primary N) is 1. The van der Waals surface area contributed by atoms with E-state index in [9.17, 15) is 4.79 Å². The van der Waals surface area contributed by atoms with Crippen molar-refractivity contribution in [1.82, 2.24) is 4.90 Å². The molecule has 1 aromatic carbocycles. The summed E-state index contributed by atoms with van der Waals surface area (Å²) < 4.78 is 0. The highest BCUT2D eigenvalue weighted by atomic mass is 32.2. The molecule has 2 N–H and O–H groups in total. The van der Waals surface area contributed by atoms with Crippen LogP contribution in [-0.2, 0) is 4.79 Å². The zero-order valence-electron chi connectivity index (χ0n) is 11.3. The standard InChI is InChI=1S/C14H21N3OS/c1-2-19-13-5-3-12(4-6-13)16-7-9-17(10-8-16)14(18)11-15/h3-6H,2,7-11,15H2,1H3. The first-order chi connectivity index (χ1) is 9.24. The number of amides is 1. The molecule has 1 fully saturated rings. The van der Waals surface area contributed by atoms with Gasteiger partial charge in [-0.05, 0) is 30.0 Å². The Bertz CT molecular complexity index is 413. The Morgan fingerprint density at radius 1 is 1.21 bits per heavy atom. The lowest BCUT2D eigenvalue weighted by Crippen LogP contribution is -2.50. The Balaban J connectivity index is 1.92. The molecule has 5 heteroatoms. The molecule has 0 aromatic heterocycles. The highest BCUT2D eigenvalue weighted by Gasteiger charge is 2.20. The fourth-order valence-electron chi connectivity index (χ4n) is 2.26. The number of hydrogen-bond acceptors (Lipinski definition) is 4. The van der Waals surface area contributed by atoms with Crippen LogP contribution < -0.4 is 10.6 Å². The van der Waals surface area contributed by atoms with E-state index in [0.717, 1.165) is 31.9 Å². The van der Waals surface area contributed by atoms with Crippen LogP contribution in [0.3, 0.4) is 0 Å². The number of nitrogens with zero attached hydrogens (tertiary/aromatic N) is 2. The SMILES string of the molecule is CCSc1ccc(N2CCN(C(=O)CN)CC2)cc1. The zero-order valence-corrected chi connectivity index (χ0v) is 12.2. The minimum atomic E-state index is 0.0503. The van der Waals surface area contributed by atoms with Gasteiger partial charge in [0, 0.05) is 36.8 Å². The summed E-state index contributed by atoms with van der Waals surface area (Å²) in [7, 11) is 0. The number of benzene rings is 1. The third-order valence-electron chi connectivity index (χ3n) is 3.32. The number of piperazine rings is 1. The fraction of sp³-hybridized carbons (Fsp3) is 0.500. The largest absolute Gasteiger partial charge is 0.368 e. The van der Waals surface area contributed by atoms with Crippen molar-refractivity contribution >= 4 is 23.4 Å². The van der Waals surface area contributed by atoms with Crippen molar-refractivity contribution in [1.29, 1.82) is 0 Å². The number of carbonyl (C=O) groups excluding carboxylic acids is 1. The Kier molecular flexibility index (Phi) is 5.10. The lowest BCUT2D eigenvalue weighted by Gasteiger charge is -2.36. The monoisotopic (exact) mass is 279 g/mol. The van der Waals surface area contributed by atoms with Gasteiger partial charge in [0.1, 0.15) is 0 Å². The van der Waals surface area contributed by atoms with Crippen LogP contribution in [0.4, 0.5) is 5.69 Å². The molecule has 2 rings (SSSR count). The first-order valence-corrected chi connectivity index (χ1v) is 7.68. The molecular weight excluding hydrogens is 258 g/mol. The van der Waals surface area contributed by atoms with E-state index in [1.165, 1.54) is 10.6 Å². The van der Waals surface area contributed by atoms with Gasteiger partial charge < -0.3 is 15.5 Å². The molecule has 4 nitrogen and oxygen atoms in total. The first-order valence-electron chi connectivity index (χ1n) is 6.70. The predicted octanol–water partition coefficient (Wildman–Crippen LogP) is 1.41. The van der Waals surface area contributed by atoms with Crippen molar-refractivity contribution in [2.45, 2.75) is 11.8 Å². The van der Waals surface area contributed by atoms with Crippen molar-refractivity contribution < 1.29 is 4.79 Å². The van der Waals surface area contributed by atoms with E-state index in [1.54, 1.807) is 0 Å². The van der Waals surface area contributed by atoms with Gasteiger partial charge in [0.2, 0.25) is 5.91 Å². The highest BCUT2D eigenvalue weighted by molar-refractivity contribution is 7.99. The Hall–Kier alpha value is -1.20. The lowest BCUT2D eigenvalue weighted by atomic mass is 10.2. The third-order valence-corrected chi connectivity index (χ3v) is 4.21. The van der Waals surface area contributed by atoms with Gasteiger partial charge in [-0.2, -0.15) is 0 Å². The van der Waals surface area contributed by atoms with E-state index in [1.807, 2.05) is 16.7 Å². The molecule has 104 valence electrons. The van der Waals surface area contributed by atoms with Gasteiger partial charge in [-0.15, -0.1) is 11.8 Å². The number of hydrogen-bond donors (Lipinski definition) is 1. The molecule has 1 aliphatic heterocycles. The molecule has 1 aliphatic rings. The number of anilines is 1. The highest BCUT2D eigenvalue weighted by Crippen LogP contribution is 2.22. The van der Waals surface area contributed by atoms with Crippen molar-refractivity contribution in [3.63, 3.8) is 0 Å². The van der Waals surface area contributed by atoms with Gasteiger partial charge in [-0.3, -0.25) is 4.79 Å². The normalized spacial score (nSPS) is 15.7. The molecule has 0 unspecified atom stereocenters. The number of carbonyl (C=O) groups is 1. The third kappa shape index (κ3) is 3.64. The van der Waals surface area contributed by atoms with E-state index in [-0.39, 0.29) is 12.5 Å². The van der Waals surface area contributed by atoms with Gasteiger partial charge >= 0.3 is 0 Å². The van der Waals surface area contributed by atoms with Gasteiger partial charge in [0.25, 0.3) is 0 Å². The Labute approximate surface area is 118 Å². The molecule has 1 amide bonds. The van der Waals surface area contributed by atoms with E-state index >= 15 is 0 Å². The lowest BCUT2D eigenvalue weighted by molar-refractivity contribution is -0.129. The quantitative estimate of drug-likeness (QED) is 0.847. The van der Waals surface area contributed by atoms with Gasteiger partial charge in [-0.25, -0.2) is 0 Å². The van der Waals surface area contributed by atoms with Crippen molar-refractivity contribution in [2.75, 3.05) is 43.4 Å². The smallest absolute Gasteiger partial charge is 0.236 e. The average molecular weight is 279 g/mol.